The number of benzene rings is 5. The van der Waals surface area contributed by atoms with Crippen molar-refractivity contribution >= 4 is 28.6 Å². The lowest BCUT2D eigenvalue weighted by Gasteiger charge is -2.52. The Balaban J connectivity index is 1.48. The first-order valence-corrected chi connectivity index (χ1v) is 18.4. The van der Waals surface area contributed by atoms with Crippen LogP contribution in [0.25, 0.3) is 28.0 Å². The van der Waals surface area contributed by atoms with E-state index < -0.39 is 5.60 Å². The molecule has 250 valence electrons. The maximum atomic E-state index is 11.4. The molecule has 4 nitrogen and oxygen atoms in total. The van der Waals surface area contributed by atoms with Gasteiger partial charge in [-0.1, -0.05) is 82.3 Å². The van der Waals surface area contributed by atoms with Crippen molar-refractivity contribution < 1.29 is 19.3 Å². The number of aromatic hydroxyl groups is 1. The molecule has 0 aromatic heterocycles. The summed E-state index contributed by atoms with van der Waals surface area (Å²) in [4.78, 5) is 0.827. The van der Waals surface area contributed by atoms with Crippen LogP contribution in [0.4, 0.5) is 0 Å². The number of hydrogen-bond acceptors (Lipinski definition) is 5. The van der Waals surface area contributed by atoms with E-state index in [0.29, 0.717) is 5.75 Å². The van der Waals surface area contributed by atoms with E-state index in [1.165, 1.54) is 22.3 Å². The van der Waals surface area contributed by atoms with Gasteiger partial charge < -0.3 is 19.3 Å². The molecule has 0 bridgehead atoms. The Hall–Kier alpha value is -4.35. The van der Waals surface area contributed by atoms with E-state index >= 15 is 0 Å². The van der Waals surface area contributed by atoms with Gasteiger partial charge in [-0.25, -0.2) is 0 Å². The number of hydrogen-bond donors (Lipinski definition) is 1. The Morgan fingerprint density at radius 2 is 1.33 bits per heavy atom. The van der Waals surface area contributed by atoms with E-state index in [1.807, 2.05) is 36.6 Å². The summed E-state index contributed by atoms with van der Waals surface area (Å²) in [5.41, 5.74) is 7.48. The maximum absolute atomic E-state index is 11.4. The number of fused-ring (bicyclic) bond motifs is 10. The van der Waals surface area contributed by atoms with Crippen LogP contribution in [0.5, 0.6) is 23.0 Å². The molecule has 1 N–H and O–H groups in total. The molecule has 2 aliphatic carbocycles. The lowest BCUT2D eigenvalue weighted by molar-refractivity contribution is 0.0642. The lowest BCUT2D eigenvalue weighted by atomic mass is 9.52. The summed E-state index contributed by atoms with van der Waals surface area (Å²) in [6, 6.07) is 29.5. The van der Waals surface area contributed by atoms with Gasteiger partial charge in [-0.15, -0.1) is 11.8 Å². The van der Waals surface area contributed by atoms with Gasteiger partial charge in [-0.3, -0.25) is 0 Å². The fourth-order valence-electron chi connectivity index (χ4n) is 9.99. The number of methoxy groups -OCH3 is 2. The summed E-state index contributed by atoms with van der Waals surface area (Å²) in [6.07, 6.45) is 9.83. The van der Waals surface area contributed by atoms with Crippen molar-refractivity contribution in [2.24, 2.45) is 10.8 Å². The SMILES string of the molecule is COc1ccc(C2(c3ccc(OC)cc3)C=Cc3c4c(c5cc(O)c(SC)cc5c3O2)-c2ccccc2C42CC(C)(C)CC(C)(C)C2)cc1. The molecule has 1 saturated carbocycles. The molecule has 49 heavy (non-hydrogen) atoms. The van der Waals surface area contributed by atoms with Crippen LogP contribution in [0, 0.1) is 10.8 Å². The molecule has 0 radical (unpaired) electrons. The topological polar surface area (TPSA) is 47.9 Å². The molecule has 5 heteroatoms. The number of ether oxygens (including phenoxy) is 3. The highest BCUT2D eigenvalue weighted by molar-refractivity contribution is 7.98. The second-order valence-corrected chi connectivity index (χ2v) is 16.5. The minimum atomic E-state index is -0.923. The molecule has 0 saturated heterocycles. The molecular formula is C44H44O4S. The number of rotatable bonds is 5. The van der Waals surface area contributed by atoms with Gasteiger partial charge in [-0.05, 0) is 106 Å². The molecule has 8 rings (SSSR count). The van der Waals surface area contributed by atoms with Gasteiger partial charge in [0.25, 0.3) is 0 Å². The third-order valence-corrected chi connectivity index (χ3v) is 11.9. The van der Waals surface area contributed by atoms with Crippen molar-refractivity contribution in [2.75, 3.05) is 20.5 Å². The molecular weight excluding hydrogens is 625 g/mol. The minimum Gasteiger partial charge on any atom is -0.507 e. The smallest absolute Gasteiger partial charge is 0.178 e. The first-order chi connectivity index (χ1) is 23.4. The normalized spacial score (nSPS) is 18.8. The Morgan fingerprint density at radius 3 is 1.90 bits per heavy atom. The molecule has 0 unspecified atom stereocenters. The van der Waals surface area contributed by atoms with E-state index in [9.17, 15) is 5.11 Å². The van der Waals surface area contributed by atoms with Gasteiger partial charge in [0.1, 0.15) is 23.0 Å². The van der Waals surface area contributed by atoms with Gasteiger partial charge in [-0.2, -0.15) is 0 Å². The van der Waals surface area contributed by atoms with Crippen LogP contribution >= 0.6 is 11.8 Å². The maximum Gasteiger partial charge on any atom is 0.178 e. The van der Waals surface area contributed by atoms with Crippen molar-refractivity contribution in [3.8, 4) is 34.1 Å². The van der Waals surface area contributed by atoms with Crippen LogP contribution < -0.4 is 14.2 Å². The molecule has 0 atom stereocenters. The zero-order chi connectivity index (χ0) is 34.3. The number of phenols is 1. The van der Waals surface area contributed by atoms with Gasteiger partial charge in [0.15, 0.2) is 5.60 Å². The van der Waals surface area contributed by atoms with Crippen LogP contribution in [0.3, 0.4) is 0 Å². The van der Waals surface area contributed by atoms with E-state index in [0.717, 1.165) is 68.9 Å². The lowest BCUT2D eigenvalue weighted by Crippen LogP contribution is -2.44. The van der Waals surface area contributed by atoms with Gasteiger partial charge in [0, 0.05) is 32.4 Å². The molecule has 5 aromatic rings. The van der Waals surface area contributed by atoms with Crippen molar-refractivity contribution in [2.45, 2.75) is 62.9 Å². The monoisotopic (exact) mass is 668 g/mol. The first-order valence-electron chi connectivity index (χ1n) is 17.1. The summed E-state index contributed by atoms with van der Waals surface area (Å²) in [7, 11) is 3.38. The van der Waals surface area contributed by atoms with Crippen LogP contribution in [-0.4, -0.2) is 25.6 Å². The zero-order valence-corrected chi connectivity index (χ0v) is 30.3. The molecule has 1 fully saturated rings. The highest BCUT2D eigenvalue weighted by Gasteiger charge is 2.55. The van der Waals surface area contributed by atoms with Crippen molar-refractivity contribution in [3.05, 3.63) is 119 Å². The average molecular weight is 669 g/mol. The molecule has 0 amide bonds. The third-order valence-electron chi connectivity index (χ3n) is 11.1. The first kappa shape index (κ1) is 31.9. The fraction of sp³-hybridized carbons (Fsp3) is 0.318. The van der Waals surface area contributed by atoms with E-state index in [-0.39, 0.29) is 16.2 Å². The molecule has 1 aliphatic heterocycles. The largest absolute Gasteiger partial charge is 0.507 e. The Labute approximate surface area is 294 Å². The molecule has 1 heterocycles. The highest BCUT2D eigenvalue weighted by atomic mass is 32.2. The summed E-state index contributed by atoms with van der Waals surface area (Å²) in [5, 5.41) is 13.5. The highest BCUT2D eigenvalue weighted by Crippen LogP contribution is 2.67. The van der Waals surface area contributed by atoms with Crippen molar-refractivity contribution in [1.29, 1.82) is 0 Å². The Morgan fingerprint density at radius 1 is 0.735 bits per heavy atom. The predicted octanol–water partition coefficient (Wildman–Crippen LogP) is 11.1. The molecule has 1 spiro atoms. The Bertz CT molecular complexity index is 2080. The predicted molar refractivity (Wildman–Crippen MR) is 201 cm³/mol. The van der Waals surface area contributed by atoms with Gasteiger partial charge in [0.05, 0.1) is 14.2 Å². The Kier molecular flexibility index (Phi) is 7.21. The summed E-state index contributed by atoms with van der Waals surface area (Å²) < 4.78 is 18.7. The van der Waals surface area contributed by atoms with Crippen molar-refractivity contribution in [3.63, 3.8) is 0 Å². The summed E-state index contributed by atoms with van der Waals surface area (Å²) in [6.45, 7) is 9.74. The third kappa shape index (κ3) is 4.80. The second-order valence-electron chi connectivity index (χ2n) is 15.7. The summed E-state index contributed by atoms with van der Waals surface area (Å²) >= 11 is 1.55. The van der Waals surface area contributed by atoms with E-state index in [2.05, 4.69) is 94.4 Å². The fourth-order valence-corrected chi connectivity index (χ4v) is 10.5. The molecule has 5 aromatic carbocycles. The average Bonchev–Trinajstić information content (AvgIpc) is 3.35. The summed E-state index contributed by atoms with van der Waals surface area (Å²) in [5.74, 6) is 2.73. The number of thioether (sulfide) groups is 1. The van der Waals surface area contributed by atoms with Crippen LogP contribution in [0.2, 0.25) is 0 Å². The van der Waals surface area contributed by atoms with E-state index in [4.69, 9.17) is 14.2 Å². The quantitative estimate of drug-likeness (QED) is 0.189. The second kappa shape index (κ2) is 11.1. The van der Waals surface area contributed by atoms with Gasteiger partial charge >= 0.3 is 0 Å². The standard InChI is InChI=1S/C44H44O4S/c1-41(2)24-42(3,4)26-43(25-41)35-11-9-8-10-31(35)38-33-22-36(45)37(49-7)23-34(33)40-32(39(38)43)20-21-44(48-40,27-12-16-29(46-5)17-13-27)28-14-18-30(47-6)19-15-28/h8-23,45H,24-26H2,1-7H3. The number of phenolic OH excluding ortho intramolecular Hbond substituents is 1. The van der Waals surface area contributed by atoms with Crippen LogP contribution in [0.15, 0.2) is 95.9 Å². The van der Waals surface area contributed by atoms with E-state index in [1.54, 1.807) is 26.0 Å². The van der Waals surface area contributed by atoms with Gasteiger partial charge in [0.2, 0.25) is 0 Å². The van der Waals surface area contributed by atoms with Crippen molar-refractivity contribution in [1.82, 2.24) is 0 Å². The zero-order valence-electron chi connectivity index (χ0n) is 29.4. The minimum absolute atomic E-state index is 0.123. The van der Waals surface area contributed by atoms with Crippen LogP contribution in [0.1, 0.15) is 74.8 Å². The molecule has 3 aliphatic rings. The van der Waals surface area contributed by atoms with Crippen LogP contribution in [-0.2, 0) is 11.0 Å².